The summed E-state index contributed by atoms with van der Waals surface area (Å²) in [5.41, 5.74) is 6.04. The van der Waals surface area contributed by atoms with Gasteiger partial charge in [0.1, 0.15) is 29.1 Å². The van der Waals surface area contributed by atoms with E-state index in [1.54, 1.807) is 51.1 Å². The first-order valence-corrected chi connectivity index (χ1v) is 17.3. The summed E-state index contributed by atoms with van der Waals surface area (Å²) in [6.07, 6.45) is 1.47. The summed E-state index contributed by atoms with van der Waals surface area (Å²) in [5, 5.41) is 14.6. The van der Waals surface area contributed by atoms with E-state index in [1.165, 1.54) is 4.57 Å². The molecule has 5 rings (SSSR count). The van der Waals surface area contributed by atoms with Crippen molar-refractivity contribution < 1.29 is 31.9 Å². The second kappa shape index (κ2) is 15.1. The Morgan fingerprint density at radius 1 is 1.00 bits per heavy atom. The number of aryl methyl sites for hydroxylation is 5. The van der Waals surface area contributed by atoms with Gasteiger partial charge in [-0.3, -0.25) is 14.4 Å². The Bertz CT molecular complexity index is 2290. The van der Waals surface area contributed by atoms with Crippen LogP contribution in [0.2, 0.25) is 0 Å². The molecule has 15 heteroatoms. The number of halogens is 2. The summed E-state index contributed by atoms with van der Waals surface area (Å²) in [5.74, 6) is -4.26. The van der Waals surface area contributed by atoms with Crippen molar-refractivity contribution in [3.05, 3.63) is 128 Å². The molecule has 0 fully saturated rings. The van der Waals surface area contributed by atoms with Crippen LogP contribution in [0.5, 0.6) is 0 Å². The molecule has 3 aromatic carbocycles. The highest BCUT2D eigenvalue weighted by atomic mass is 32.2. The van der Waals surface area contributed by atoms with Gasteiger partial charge in [-0.25, -0.2) is 22.2 Å². The molecule has 0 aliphatic rings. The number of nitrogens with one attached hydrogen (secondary N) is 3. The SMILES string of the molecule is Cc1cc(C)c(S(=O)(=O)NC(CNC(=O)c2cn(CCc3ccccc3)c3c(F)c(CNc4cccc(N)n4)c(F)cc3c2=O)C(=O)O)c(C)c1. The van der Waals surface area contributed by atoms with E-state index in [2.05, 4.69) is 20.3 Å². The summed E-state index contributed by atoms with van der Waals surface area (Å²) in [6.45, 7) is 3.94. The highest BCUT2D eigenvalue weighted by molar-refractivity contribution is 7.89. The third-order valence-electron chi connectivity index (χ3n) is 8.23. The first-order valence-electron chi connectivity index (χ1n) is 15.8. The monoisotopic (exact) mass is 718 g/mol. The van der Waals surface area contributed by atoms with E-state index < -0.39 is 62.5 Å². The molecule has 1 atom stereocenters. The molecule has 51 heavy (non-hydrogen) atoms. The normalized spacial score (nSPS) is 12.1. The number of rotatable bonds is 13. The van der Waals surface area contributed by atoms with E-state index >= 15 is 8.78 Å². The number of aromatic nitrogens is 2. The zero-order chi connectivity index (χ0) is 37.0. The maximum Gasteiger partial charge on any atom is 0.323 e. The number of fused-ring (bicyclic) bond motifs is 1. The molecule has 0 saturated carbocycles. The van der Waals surface area contributed by atoms with Crippen LogP contribution >= 0.6 is 0 Å². The lowest BCUT2D eigenvalue weighted by Gasteiger charge is -2.19. The van der Waals surface area contributed by atoms with Gasteiger partial charge in [0, 0.05) is 31.4 Å². The van der Waals surface area contributed by atoms with Crippen molar-refractivity contribution in [2.45, 2.75) is 51.2 Å². The van der Waals surface area contributed by atoms with Crippen molar-refractivity contribution in [2.24, 2.45) is 0 Å². The highest BCUT2D eigenvalue weighted by Gasteiger charge is 2.29. The molecule has 0 aliphatic carbocycles. The number of anilines is 2. The number of nitrogen functional groups attached to an aromatic ring is 1. The second-order valence-corrected chi connectivity index (χ2v) is 13.8. The van der Waals surface area contributed by atoms with Crippen molar-refractivity contribution in [1.82, 2.24) is 19.6 Å². The molecule has 2 aromatic heterocycles. The largest absolute Gasteiger partial charge is 0.480 e. The number of hydrogen-bond donors (Lipinski definition) is 5. The van der Waals surface area contributed by atoms with Gasteiger partial charge in [0.25, 0.3) is 5.91 Å². The fourth-order valence-corrected chi connectivity index (χ4v) is 7.60. The zero-order valence-electron chi connectivity index (χ0n) is 28.0. The molecular formula is C36H36F2N6O6S. The Kier molecular flexibility index (Phi) is 10.8. The first-order chi connectivity index (χ1) is 24.2. The molecule has 0 bridgehead atoms. The lowest BCUT2D eigenvalue weighted by atomic mass is 10.0. The Hall–Kier alpha value is -5.67. The van der Waals surface area contributed by atoms with E-state index in [0.29, 0.717) is 17.5 Å². The number of nitrogens with two attached hydrogens (primary N) is 1. The molecule has 2 heterocycles. The number of carbonyl (C=O) groups excluding carboxylic acids is 1. The van der Waals surface area contributed by atoms with Gasteiger partial charge < -0.3 is 26.0 Å². The number of carbonyl (C=O) groups is 2. The van der Waals surface area contributed by atoms with Crippen LogP contribution in [-0.4, -0.2) is 47.5 Å². The lowest BCUT2D eigenvalue weighted by Crippen LogP contribution is -2.49. The average Bonchev–Trinajstić information content (AvgIpc) is 3.06. The van der Waals surface area contributed by atoms with Gasteiger partial charge in [-0.05, 0) is 62.1 Å². The molecule has 266 valence electrons. The number of nitrogens with zero attached hydrogens (tertiary/aromatic N) is 2. The molecule has 0 saturated heterocycles. The minimum Gasteiger partial charge on any atom is -0.480 e. The zero-order valence-corrected chi connectivity index (χ0v) is 28.8. The molecule has 1 amide bonds. The molecule has 5 aromatic rings. The number of benzene rings is 3. The molecule has 6 N–H and O–H groups in total. The van der Waals surface area contributed by atoms with Gasteiger partial charge in [0.2, 0.25) is 15.5 Å². The predicted molar refractivity (Wildman–Crippen MR) is 189 cm³/mol. The summed E-state index contributed by atoms with van der Waals surface area (Å²) in [4.78, 5) is 43.2. The molecule has 0 aliphatic heterocycles. The number of sulfonamides is 1. The van der Waals surface area contributed by atoms with Gasteiger partial charge in [0.15, 0.2) is 5.82 Å². The number of aliphatic carboxylic acids is 1. The topological polar surface area (TPSA) is 186 Å². The van der Waals surface area contributed by atoms with Gasteiger partial charge in [-0.1, -0.05) is 54.1 Å². The van der Waals surface area contributed by atoms with Crippen molar-refractivity contribution in [1.29, 1.82) is 0 Å². The van der Waals surface area contributed by atoms with Gasteiger partial charge >= 0.3 is 5.97 Å². The van der Waals surface area contributed by atoms with Gasteiger partial charge in [-0.15, -0.1) is 0 Å². The maximum absolute atomic E-state index is 16.2. The van der Waals surface area contributed by atoms with Gasteiger partial charge in [0.05, 0.1) is 15.8 Å². The van der Waals surface area contributed by atoms with E-state index in [0.717, 1.165) is 23.4 Å². The summed E-state index contributed by atoms with van der Waals surface area (Å²) in [7, 11) is -4.36. The van der Waals surface area contributed by atoms with E-state index in [9.17, 15) is 27.9 Å². The lowest BCUT2D eigenvalue weighted by molar-refractivity contribution is -0.138. The van der Waals surface area contributed by atoms with Crippen LogP contribution in [0.15, 0.2) is 82.6 Å². The standard InChI is InChI=1S/C36H36F2N6O6S/c1-20-14-21(2)34(22(3)15-20)51(49,50)43-28(36(47)48)18-41-35(46)26-19-44(13-12-23-8-5-4-6-9-23)32-24(33(26)45)16-27(37)25(31(32)38)17-40-30-11-7-10-29(39)42-30/h4-11,14-16,19,28,43H,12-13,17-18H2,1-3H3,(H,41,46)(H,47,48)(H3,39,40,42). The summed E-state index contributed by atoms with van der Waals surface area (Å²) in [6, 6.07) is 16.2. The molecule has 12 nitrogen and oxygen atoms in total. The van der Waals surface area contributed by atoms with Crippen LogP contribution in [-0.2, 0) is 34.3 Å². The van der Waals surface area contributed by atoms with Crippen LogP contribution in [0.3, 0.4) is 0 Å². The molecule has 0 radical (unpaired) electrons. The van der Waals surface area contributed by atoms with Crippen LogP contribution in [0.1, 0.15) is 38.2 Å². The Morgan fingerprint density at radius 2 is 1.69 bits per heavy atom. The minimum atomic E-state index is -4.36. The predicted octanol–water partition coefficient (Wildman–Crippen LogP) is 4.20. The van der Waals surface area contributed by atoms with E-state index in [1.807, 2.05) is 30.3 Å². The third kappa shape index (κ3) is 8.22. The fourth-order valence-electron chi connectivity index (χ4n) is 5.96. The number of pyridine rings is 2. The number of carboxylic acid groups (broad SMARTS) is 1. The van der Waals surface area contributed by atoms with Crippen molar-refractivity contribution in [2.75, 3.05) is 17.6 Å². The van der Waals surface area contributed by atoms with Crippen LogP contribution < -0.4 is 26.5 Å². The van der Waals surface area contributed by atoms with Gasteiger partial charge in [-0.2, -0.15) is 4.72 Å². The quantitative estimate of drug-likeness (QED) is 0.119. The third-order valence-corrected chi connectivity index (χ3v) is 10.0. The van der Waals surface area contributed by atoms with Crippen LogP contribution in [0.25, 0.3) is 10.9 Å². The fraction of sp³-hybridized carbons (Fsp3) is 0.222. The smallest absolute Gasteiger partial charge is 0.323 e. The number of amides is 1. The Morgan fingerprint density at radius 3 is 2.33 bits per heavy atom. The Balaban J connectivity index is 1.48. The van der Waals surface area contributed by atoms with E-state index in [-0.39, 0.29) is 40.7 Å². The van der Waals surface area contributed by atoms with Crippen LogP contribution in [0.4, 0.5) is 20.4 Å². The summed E-state index contributed by atoms with van der Waals surface area (Å²) >= 11 is 0. The highest BCUT2D eigenvalue weighted by Crippen LogP contribution is 2.25. The molecule has 1 unspecified atom stereocenters. The average molecular weight is 719 g/mol. The van der Waals surface area contributed by atoms with Crippen molar-refractivity contribution >= 4 is 44.4 Å². The number of hydrogen-bond acceptors (Lipinski definition) is 8. The molecule has 0 spiro atoms. The van der Waals surface area contributed by atoms with Crippen LogP contribution in [0, 0.1) is 32.4 Å². The second-order valence-electron chi connectivity index (χ2n) is 12.1. The maximum atomic E-state index is 16.2. The Labute approximate surface area is 292 Å². The minimum absolute atomic E-state index is 0.0695. The first kappa shape index (κ1) is 36.6. The molecular weight excluding hydrogens is 682 g/mol. The van der Waals surface area contributed by atoms with Crippen molar-refractivity contribution in [3.63, 3.8) is 0 Å². The van der Waals surface area contributed by atoms with Crippen molar-refractivity contribution in [3.8, 4) is 0 Å². The van der Waals surface area contributed by atoms with E-state index in [4.69, 9.17) is 5.73 Å². The number of carboxylic acids is 1. The summed E-state index contributed by atoms with van der Waals surface area (Å²) < 4.78 is 61.6.